The molecule has 30 heavy (non-hydrogen) atoms. The van der Waals surface area contributed by atoms with Crippen LogP contribution in [0.25, 0.3) is 16.8 Å². The Bertz CT molecular complexity index is 1110. The zero-order valence-electron chi connectivity index (χ0n) is 17.2. The largest absolute Gasteiger partial charge is 0.497 e. The molecule has 0 radical (unpaired) electrons. The molecule has 0 aliphatic heterocycles. The van der Waals surface area contributed by atoms with Crippen molar-refractivity contribution in [2.45, 2.75) is 30.5 Å². The standard InChI is InChI=1S/C24H25N3O2S/c1-3-4-14-29-20-10-8-19(9-11-20)22-16-23-24(25-12-13-27(23)26-22)30-17-18-6-5-7-21(15-18)28-2/h5-13,15-16H,3-4,14,17H2,1-2H3. The average molecular weight is 420 g/mol. The number of ether oxygens (including phenoxy) is 2. The Labute approximate surface area is 181 Å². The molecule has 0 unspecified atom stereocenters. The van der Waals surface area contributed by atoms with Gasteiger partial charge in [0.1, 0.15) is 16.5 Å². The van der Waals surface area contributed by atoms with Gasteiger partial charge in [-0.1, -0.05) is 37.2 Å². The molecule has 0 saturated carbocycles. The lowest BCUT2D eigenvalue weighted by molar-refractivity contribution is 0.309. The summed E-state index contributed by atoms with van der Waals surface area (Å²) in [5, 5.41) is 5.69. The number of aromatic nitrogens is 3. The maximum absolute atomic E-state index is 5.76. The summed E-state index contributed by atoms with van der Waals surface area (Å²) in [5.74, 6) is 2.58. The van der Waals surface area contributed by atoms with Gasteiger partial charge < -0.3 is 9.47 Å². The molecule has 0 fully saturated rings. The van der Waals surface area contributed by atoms with Crippen LogP contribution in [0.4, 0.5) is 0 Å². The highest BCUT2D eigenvalue weighted by molar-refractivity contribution is 7.98. The van der Waals surface area contributed by atoms with Gasteiger partial charge in [-0.25, -0.2) is 9.50 Å². The van der Waals surface area contributed by atoms with E-state index < -0.39 is 0 Å². The molecular formula is C24H25N3O2S. The van der Waals surface area contributed by atoms with E-state index in [0.29, 0.717) is 0 Å². The molecule has 0 spiro atoms. The summed E-state index contributed by atoms with van der Waals surface area (Å²) >= 11 is 1.70. The van der Waals surface area contributed by atoms with Crippen LogP contribution in [0.1, 0.15) is 25.3 Å². The third kappa shape index (κ3) is 4.76. The summed E-state index contributed by atoms with van der Waals surface area (Å²) in [6.07, 6.45) is 5.88. The normalized spacial score (nSPS) is 11.0. The molecule has 0 N–H and O–H groups in total. The van der Waals surface area contributed by atoms with Gasteiger partial charge in [-0.15, -0.1) is 0 Å². The van der Waals surface area contributed by atoms with E-state index in [1.165, 1.54) is 5.56 Å². The molecule has 2 heterocycles. The summed E-state index contributed by atoms with van der Waals surface area (Å²) < 4.78 is 13.0. The Hall–Kier alpha value is -2.99. The van der Waals surface area contributed by atoms with Crippen LogP contribution in [0.5, 0.6) is 11.5 Å². The van der Waals surface area contributed by atoms with Crippen molar-refractivity contribution in [3.8, 4) is 22.8 Å². The number of rotatable bonds is 9. The Morgan fingerprint density at radius 2 is 1.90 bits per heavy atom. The molecule has 6 heteroatoms. The van der Waals surface area contributed by atoms with Crippen molar-refractivity contribution >= 4 is 17.3 Å². The molecule has 4 aromatic rings. The minimum absolute atomic E-state index is 0.754. The zero-order valence-corrected chi connectivity index (χ0v) is 18.1. The van der Waals surface area contributed by atoms with Gasteiger partial charge >= 0.3 is 0 Å². The molecule has 0 amide bonds. The maximum atomic E-state index is 5.76. The SMILES string of the molecule is CCCCOc1ccc(-c2cc3c(SCc4cccc(OC)c4)nccn3n2)cc1. The molecule has 5 nitrogen and oxygen atoms in total. The van der Waals surface area contributed by atoms with Crippen molar-refractivity contribution in [3.05, 3.63) is 72.6 Å². The van der Waals surface area contributed by atoms with Gasteiger partial charge in [0.25, 0.3) is 0 Å². The van der Waals surface area contributed by atoms with Gasteiger partial charge in [0.2, 0.25) is 0 Å². The molecule has 0 aliphatic carbocycles. The lowest BCUT2D eigenvalue weighted by atomic mass is 10.1. The number of fused-ring (bicyclic) bond motifs is 1. The summed E-state index contributed by atoms with van der Waals surface area (Å²) in [7, 11) is 1.69. The molecule has 0 saturated heterocycles. The van der Waals surface area contributed by atoms with Crippen LogP contribution in [0.3, 0.4) is 0 Å². The second-order valence-corrected chi connectivity index (χ2v) is 7.92. The van der Waals surface area contributed by atoms with Crippen LogP contribution in [-0.2, 0) is 5.75 Å². The van der Waals surface area contributed by atoms with E-state index in [1.54, 1.807) is 25.1 Å². The van der Waals surface area contributed by atoms with Gasteiger partial charge in [-0.05, 0) is 54.4 Å². The first-order valence-electron chi connectivity index (χ1n) is 10.1. The van der Waals surface area contributed by atoms with E-state index in [-0.39, 0.29) is 0 Å². The van der Waals surface area contributed by atoms with Crippen LogP contribution in [0.2, 0.25) is 0 Å². The lowest BCUT2D eigenvalue weighted by Gasteiger charge is -2.05. The number of benzene rings is 2. The van der Waals surface area contributed by atoms with Crippen molar-refractivity contribution in [2.75, 3.05) is 13.7 Å². The van der Waals surface area contributed by atoms with Gasteiger partial charge in [-0.2, -0.15) is 5.10 Å². The van der Waals surface area contributed by atoms with Crippen LogP contribution in [-0.4, -0.2) is 28.3 Å². The van der Waals surface area contributed by atoms with E-state index in [1.807, 2.05) is 35.0 Å². The van der Waals surface area contributed by atoms with Gasteiger partial charge in [0, 0.05) is 23.7 Å². The number of methoxy groups -OCH3 is 1. The topological polar surface area (TPSA) is 48.7 Å². The zero-order chi connectivity index (χ0) is 20.8. The second-order valence-electron chi connectivity index (χ2n) is 6.96. The molecular weight excluding hydrogens is 394 g/mol. The Morgan fingerprint density at radius 3 is 2.70 bits per heavy atom. The third-order valence-corrected chi connectivity index (χ3v) is 5.85. The van der Waals surface area contributed by atoms with E-state index in [4.69, 9.17) is 14.6 Å². The number of unbranched alkanes of at least 4 members (excludes halogenated alkanes) is 1. The average Bonchev–Trinajstić information content (AvgIpc) is 3.23. The minimum atomic E-state index is 0.754. The number of hydrogen-bond acceptors (Lipinski definition) is 5. The van der Waals surface area contributed by atoms with Gasteiger partial charge in [-0.3, -0.25) is 0 Å². The van der Waals surface area contributed by atoms with Crippen molar-refractivity contribution < 1.29 is 9.47 Å². The van der Waals surface area contributed by atoms with E-state index in [0.717, 1.165) is 58.5 Å². The van der Waals surface area contributed by atoms with Gasteiger partial charge in [0.05, 0.1) is 24.9 Å². The summed E-state index contributed by atoms with van der Waals surface area (Å²) in [6, 6.07) is 18.3. The highest BCUT2D eigenvalue weighted by atomic mass is 32.2. The first kappa shape index (κ1) is 20.3. The van der Waals surface area contributed by atoms with Crippen molar-refractivity contribution in [1.82, 2.24) is 14.6 Å². The van der Waals surface area contributed by atoms with Crippen molar-refractivity contribution in [1.29, 1.82) is 0 Å². The fourth-order valence-corrected chi connectivity index (χ4v) is 4.04. The summed E-state index contributed by atoms with van der Waals surface area (Å²) in [5.41, 5.74) is 4.18. The first-order valence-corrected chi connectivity index (χ1v) is 11.1. The van der Waals surface area contributed by atoms with Crippen molar-refractivity contribution in [2.24, 2.45) is 0 Å². The van der Waals surface area contributed by atoms with E-state index in [9.17, 15) is 0 Å². The van der Waals surface area contributed by atoms with E-state index >= 15 is 0 Å². The molecule has 0 aliphatic rings. The Balaban J connectivity index is 1.51. The molecule has 0 bridgehead atoms. The predicted molar refractivity (Wildman–Crippen MR) is 121 cm³/mol. The predicted octanol–water partition coefficient (Wildman–Crippen LogP) is 5.88. The fourth-order valence-electron chi connectivity index (χ4n) is 3.12. The molecule has 2 aromatic heterocycles. The number of nitrogens with zero attached hydrogens (tertiary/aromatic N) is 3. The molecule has 154 valence electrons. The molecule has 4 rings (SSSR count). The summed E-state index contributed by atoms with van der Waals surface area (Å²) in [4.78, 5) is 4.58. The van der Waals surface area contributed by atoms with Crippen LogP contribution < -0.4 is 9.47 Å². The van der Waals surface area contributed by atoms with Gasteiger partial charge in [0.15, 0.2) is 0 Å². The van der Waals surface area contributed by atoms with Crippen LogP contribution >= 0.6 is 11.8 Å². The smallest absolute Gasteiger partial charge is 0.122 e. The highest BCUT2D eigenvalue weighted by Gasteiger charge is 2.10. The van der Waals surface area contributed by atoms with Crippen LogP contribution in [0.15, 0.2) is 72.0 Å². The monoisotopic (exact) mass is 419 g/mol. The second kappa shape index (κ2) is 9.67. The summed E-state index contributed by atoms with van der Waals surface area (Å²) in [6.45, 7) is 2.91. The lowest BCUT2D eigenvalue weighted by Crippen LogP contribution is -1.96. The highest BCUT2D eigenvalue weighted by Crippen LogP contribution is 2.29. The number of hydrogen-bond donors (Lipinski definition) is 0. The number of thioether (sulfide) groups is 1. The molecule has 2 aromatic carbocycles. The van der Waals surface area contributed by atoms with Crippen molar-refractivity contribution in [3.63, 3.8) is 0 Å². The minimum Gasteiger partial charge on any atom is -0.497 e. The quantitative estimate of drug-likeness (QED) is 0.251. The fraction of sp³-hybridized carbons (Fsp3) is 0.250. The van der Waals surface area contributed by atoms with E-state index in [2.05, 4.69) is 42.2 Å². The Kier molecular flexibility index (Phi) is 6.54. The first-order chi connectivity index (χ1) is 14.8. The maximum Gasteiger partial charge on any atom is 0.122 e. The van der Waals surface area contributed by atoms with Crippen LogP contribution in [0, 0.1) is 0 Å². The Morgan fingerprint density at radius 1 is 1.03 bits per heavy atom. The molecule has 0 atom stereocenters. The third-order valence-electron chi connectivity index (χ3n) is 4.78.